The van der Waals surface area contributed by atoms with Gasteiger partial charge >= 0.3 is 0 Å². The van der Waals surface area contributed by atoms with E-state index in [0.717, 1.165) is 22.4 Å². The molecule has 0 aliphatic carbocycles. The molecular formula is C23H25N3O3. The minimum atomic E-state index is -0.156. The molecule has 1 amide bonds. The Morgan fingerprint density at radius 1 is 1.14 bits per heavy atom. The zero-order valence-corrected chi connectivity index (χ0v) is 16.7. The van der Waals surface area contributed by atoms with E-state index in [0.29, 0.717) is 31.8 Å². The lowest BCUT2D eigenvalue weighted by atomic mass is 10.1. The summed E-state index contributed by atoms with van der Waals surface area (Å²) in [5.41, 5.74) is 3.40. The minimum absolute atomic E-state index is 0.0636. The maximum Gasteiger partial charge on any atom is 0.253 e. The molecule has 0 aliphatic heterocycles. The summed E-state index contributed by atoms with van der Waals surface area (Å²) in [7, 11) is 0. The first-order valence-electron chi connectivity index (χ1n) is 9.67. The second kappa shape index (κ2) is 9.68. The fourth-order valence-corrected chi connectivity index (χ4v) is 3.00. The molecule has 0 saturated heterocycles. The van der Waals surface area contributed by atoms with Crippen LogP contribution in [0.3, 0.4) is 0 Å². The van der Waals surface area contributed by atoms with Crippen molar-refractivity contribution in [1.29, 1.82) is 0 Å². The van der Waals surface area contributed by atoms with Crippen LogP contribution in [0.1, 0.15) is 18.1 Å². The van der Waals surface area contributed by atoms with Crippen molar-refractivity contribution in [3.05, 3.63) is 82.4 Å². The summed E-state index contributed by atoms with van der Waals surface area (Å²) < 4.78 is 6.92. The van der Waals surface area contributed by atoms with Crippen molar-refractivity contribution in [2.75, 3.05) is 13.2 Å². The van der Waals surface area contributed by atoms with Crippen LogP contribution in [0, 0.1) is 6.92 Å². The molecule has 6 nitrogen and oxygen atoms in total. The maximum absolute atomic E-state index is 12.4. The molecule has 2 aromatic carbocycles. The van der Waals surface area contributed by atoms with Gasteiger partial charge in [-0.25, -0.2) is 4.98 Å². The summed E-state index contributed by atoms with van der Waals surface area (Å²) in [6.45, 7) is 5.26. The Kier molecular flexibility index (Phi) is 6.79. The Balaban J connectivity index is 1.56. The predicted octanol–water partition coefficient (Wildman–Crippen LogP) is 2.98. The van der Waals surface area contributed by atoms with Crippen molar-refractivity contribution in [3.8, 4) is 17.0 Å². The van der Waals surface area contributed by atoms with Crippen LogP contribution in [0.5, 0.6) is 5.75 Å². The third-order valence-electron chi connectivity index (χ3n) is 4.63. The number of rotatable bonds is 8. The number of carbonyl (C=O) groups excluding carboxylic acids is 1. The van der Waals surface area contributed by atoms with Gasteiger partial charge in [-0.15, -0.1) is 0 Å². The maximum atomic E-state index is 12.4. The summed E-state index contributed by atoms with van der Waals surface area (Å²) >= 11 is 0. The first-order valence-corrected chi connectivity index (χ1v) is 9.67. The normalized spacial score (nSPS) is 10.6. The van der Waals surface area contributed by atoms with E-state index in [2.05, 4.69) is 10.3 Å². The van der Waals surface area contributed by atoms with Crippen LogP contribution in [0.25, 0.3) is 11.3 Å². The fourth-order valence-electron chi connectivity index (χ4n) is 3.00. The van der Waals surface area contributed by atoms with Gasteiger partial charge in [-0.3, -0.25) is 14.2 Å². The second-order valence-electron chi connectivity index (χ2n) is 6.72. The summed E-state index contributed by atoms with van der Waals surface area (Å²) in [4.78, 5) is 28.9. The highest BCUT2D eigenvalue weighted by atomic mass is 16.5. The molecule has 0 spiro atoms. The van der Waals surface area contributed by atoms with Gasteiger partial charge < -0.3 is 10.1 Å². The number of carbonyl (C=O) groups is 1. The minimum Gasteiger partial charge on any atom is -0.494 e. The average molecular weight is 391 g/mol. The van der Waals surface area contributed by atoms with Gasteiger partial charge in [0.15, 0.2) is 0 Å². The highest BCUT2D eigenvalue weighted by molar-refractivity contribution is 5.78. The molecule has 3 rings (SSSR count). The molecule has 0 unspecified atom stereocenters. The Labute approximate surface area is 170 Å². The number of hydrogen-bond donors (Lipinski definition) is 1. The van der Waals surface area contributed by atoms with Crippen LogP contribution in [0.4, 0.5) is 0 Å². The van der Waals surface area contributed by atoms with Gasteiger partial charge in [0, 0.05) is 24.7 Å². The smallest absolute Gasteiger partial charge is 0.253 e. The molecule has 0 atom stereocenters. The van der Waals surface area contributed by atoms with Crippen molar-refractivity contribution < 1.29 is 9.53 Å². The SMILES string of the molecule is CCOc1ccc(-c2cc(=O)n(CCNC(=O)Cc3ccccc3C)cn2)cc1. The van der Waals surface area contributed by atoms with Gasteiger partial charge in [-0.1, -0.05) is 24.3 Å². The predicted molar refractivity (Wildman–Crippen MR) is 113 cm³/mol. The van der Waals surface area contributed by atoms with Crippen LogP contribution < -0.4 is 15.6 Å². The Bertz CT molecular complexity index is 1030. The molecule has 150 valence electrons. The van der Waals surface area contributed by atoms with E-state index >= 15 is 0 Å². The summed E-state index contributed by atoms with van der Waals surface area (Å²) in [6.07, 6.45) is 1.85. The summed E-state index contributed by atoms with van der Waals surface area (Å²) in [5.74, 6) is 0.720. The molecule has 1 N–H and O–H groups in total. The van der Waals surface area contributed by atoms with Gasteiger partial charge in [0.05, 0.1) is 25.0 Å². The van der Waals surface area contributed by atoms with Crippen molar-refractivity contribution in [1.82, 2.24) is 14.9 Å². The highest BCUT2D eigenvalue weighted by Gasteiger charge is 2.07. The van der Waals surface area contributed by atoms with E-state index in [-0.39, 0.29) is 11.5 Å². The lowest BCUT2D eigenvalue weighted by molar-refractivity contribution is -0.120. The van der Waals surface area contributed by atoms with Crippen LogP contribution in [0.2, 0.25) is 0 Å². The van der Waals surface area contributed by atoms with Crippen molar-refractivity contribution in [2.45, 2.75) is 26.8 Å². The number of nitrogens with zero attached hydrogens (tertiary/aromatic N) is 2. The Morgan fingerprint density at radius 3 is 2.59 bits per heavy atom. The monoisotopic (exact) mass is 391 g/mol. The molecule has 0 aliphatic rings. The summed E-state index contributed by atoms with van der Waals surface area (Å²) in [5, 5.41) is 2.86. The number of hydrogen-bond acceptors (Lipinski definition) is 4. The van der Waals surface area contributed by atoms with E-state index in [1.54, 1.807) is 0 Å². The van der Waals surface area contributed by atoms with Crippen LogP contribution >= 0.6 is 0 Å². The quantitative estimate of drug-likeness (QED) is 0.641. The topological polar surface area (TPSA) is 73.2 Å². The van der Waals surface area contributed by atoms with Crippen LogP contribution in [-0.4, -0.2) is 28.6 Å². The molecule has 1 heterocycles. The molecule has 0 radical (unpaired) electrons. The molecule has 0 bridgehead atoms. The van der Waals surface area contributed by atoms with E-state index in [9.17, 15) is 9.59 Å². The molecular weight excluding hydrogens is 366 g/mol. The zero-order chi connectivity index (χ0) is 20.6. The van der Waals surface area contributed by atoms with E-state index in [1.165, 1.54) is 17.0 Å². The van der Waals surface area contributed by atoms with Crippen LogP contribution in [-0.2, 0) is 17.8 Å². The molecule has 0 fully saturated rings. The van der Waals surface area contributed by atoms with Gasteiger partial charge in [-0.05, 0) is 49.2 Å². The van der Waals surface area contributed by atoms with Crippen molar-refractivity contribution in [2.24, 2.45) is 0 Å². The van der Waals surface area contributed by atoms with Gasteiger partial charge in [0.25, 0.3) is 5.56 Å². The van der Waals surface area contributed by atoms with E-state index in [4.69, 9.17) is 4.74 Å². The second-order valence-corrected chi connectivity index (χ2v) is 6.72. The fraction of sp³-hybridized carbons (Fsp3) is 0.261. The van der Waals surface area contributed by atoms with Gasteiger partial charge in [0.1, 0.15) is 5.75 Å². The largest absolute Gasteiger partial charge is 0.494 e. The van der Waals surface area contributed by atoms with E-state index in [1.807, 2.05) is 62.4 Å². The first-order chi connectivity index (χ1) is 14.1. The molecule has 3 aromatic rings. The lowest BCUT2D eigenvalue weighted by Gasteiger charge is -2.09. The highest BCUT2D eigenvalue weighted by Crippen LogP contribution is 2.19. The number of aryl methyl sites for hydroxylation is 1. The van der Waals surface area contributed by atoms with Gasteiger partial charge in [-0.2, -0.15) is 0 Å². The Hall–Kier alpha value is -3.41. The van der Waals surface area contributed by atoms with E-state index < -0.39 is 0 Å². The first kappa shape index (κ1) is 20.3. The number of benzene rings is 2. The zero-order valence-electron chi connectivity index (χ0n) is 16.7. The standard InChI is InChI=1S/C23H25N3O3/c1-3-29-20-10-8-18(9-11-20)21-15-23(28)26(16-25-21)13-12-24-22(27)14-19-7-5-4-6-17(19)2/h4-11,15-16H,3,12-14H2,1-2H3,(H,24,27). The Morgan fingerprint density at radius 2 is 1.90 bits per heavy atom. The molecule has 29 heavy (non-hydrogen) atoms. The van der Waals surface area contributed by atoms with Gasteiger partial charge in [0.2, 0.25) is 5.91 Å². The van der Waals surface area contributed by atoms with Crippen LogP contribution in [0.15, 0.2) is 65.7 Å². The molecule has 6 heteroatoms. The average Bonchev–Trinajstić information content (AvgIpc) is 2.72. The number of ether oxygens (including phenoxy) is 1. The third kappa shape index (κ3) is 5.54. The third-order valence-corrected chi connectivity index (χ3v) is 4.63. The number of amides is 1. The number of aromatic nitrogens is 2. The summed E-state index contributed by atoms with van der Waals surface area (Å²) in [6, 6.07) is 16.8. The molecule has 0 saturated carbocycles. The molecule has 1 aromatic heterocycles. The number of nitrogens with one attached hydrogen (secondary N) is 1. The van der Waals surface area contributed by atoms with Crippen molar-refractivity contribution in [3.63, 3.8) is 0 Å². The van der Waals surface area contributed by atoms with Crippen molar-refractivity contribution >= 4 is 5.91 Å². The lowest BCUT2D eigenvalue weighted by Crippen LogP contribution is -2.31.